The second kappa shape index (κ2) is 7.10. The highest BCUT2D eigenvalue weighted by atomic mass is 32.2. The van der Waals surface area contributed by atoms with Crippen LogP contribution in [0.4, 0.5) is 5.69 Å². The lowest BCUT2D eigenvalue weighted by Crippen LogP contribution is -2.49. The lowest BCUT2D eigenvalue weighted by atomic mass is 10.0. The van der Waals surface area contributed by atoms with Crippen molar-refractivity contribution < 1.29 is 18.0 Å². The van der Waals surface area contributed by atoms with Gasteiger partial charge < -0.3 is 10.6 Å². The lowest BCUT2D eigenvalue weighted by molar-refractivity contribution is -0.120. The first-order valence-corrected chi connectivity index (χ1v) is 9.27. The monoisotopic (exact) mass is 339 g/mol. The maximum absolute atomic E-state index is 12.4. The third-order valence-corrected chi connectivity index (χ3v) is 5.11. The molecular formula is C15H21N3O4S. The highest BCUT2D eigenvalue weighted by molar-refractivity contribution is 7.88. The molecule has 8 heteroatoms. The number of amides is 2. The number of carbonyl (C=O) groups is 2. The molecule has 2 rings (SSSR count). The van der Waals surface area contributed by atoms with Crippen LogP contribution in [0.3, 0.4) is 0 Å². The van der Waals surface area contributed by atoms with Gasteiger partial charge in [0.15, 0.2) is 0 Å². The molecule has 1 aliphatic rings. The van der Waals surface area contributed by atoms with E-state index in [1.54, 1.807) is 31.3 Å². The molecule has 1 aromatic rings. The van der Waals surface area contributed by atoms with Crippen molar-refractivity contribution in [3.8, 4) is 0 Å². The molecule has 2 N–H and O–H groups in total. The Morgan fingerprint density at radius 1 is 1.17 bits per heavy atom. The van der Waals surface area contributed by atoms with E-state index in [0.717, 1.165) is 19.1 Å². The summed E-state index contributed by atoms with van der Waals surface area (Å²) in [6.07, 6.45) is 3.21. The SMILES string of the molecule is CNC(=O)c1ccc(NC(=O)[C@@H]2CCCCN2S(C)(=O)=O)cc1. The van der Waals surface area contributed by atoms with Crippen molar-refractivity contribution in [3.05, 3.63) is 29.8 Å². The Morgan fingerprint density at radius 2 is 1.83 bits per heavy atom. The van der Waals surface area contributed by atoms with E-state index in [1.165, 1.54) is 4.31 Å². The van der Waals surface area contributed by atoms with Crippen LogP contribution in [-0.2, 0) is 14.8 Å². The molecule has 0 bridgehead atoms. The van der Waals surface area contributed by atoms with Crippen LogP contribution in [0.1, 0.15) is 29.6 Å². The summed E-state index contributed by atoms with van der Waals surface area (Å²) in [5.74, 6) is -0.554. The van der Waals surface area contributed by atoms with Gasteiger partial charge in [-0.25, -0.2) is 8.42 Å². The average Bonchev–Trinajstić information content (AvgIpc) is 2.54. The smallest absolute Gasteiger partial charge is 0.251 e. The number of anilines is 1. The Balaban J connectivity index is 2.09. The standard InChI is InChI=1S/C15H21N3O4S/c1-16-14(19)11-6-8-12(9-7-11)17-15(20)13-5-3-4-10-18(13)23(2,21)22/h6-9,13H,3-5,10H2,1-2H3,(H,16,19)(H,17,20)/t13-/m0/s1. The predicted octanol–water partition coefficient (Wildman–Crippen LogP) is 0.799. The van der Waals surface area contributed by atoms with Crippen molar-refractivity contribution in [3.63, 3.8) is 0 Å². The maximum Gasteiger partial charge on any atom is 0.251 e. The third kappa shape index (κ3) is 4.29. The molecule has 126 valence electrons. The Morgan fingerprint density at radius 3 is 2.39 bits per heavy atom. The van der Waals surface area contributed by atoms with E-state index >= 15 is 0 Å². The van der Waals surface area contributed by atoms with E-state index in [1.807, 2.05) is 0 Å². The number of piperidine rings is 1. The molecule has 0 aromatic heterocycles. The Kier molecular flexibility index (Phi) is 5.38. The van der Waals surface area contributed by atoms with Crippen molar-refractivity contribution in [2.75, 3.05) is 25.2 Å². The predicted molar refractivity (Wildman–Crippen MR) is 87.7 cm³/mol. The Labute approximate surface area is 136 Å². The van der Waals surface area contributed by atoms with Crippen molar-refractivity contribution >= 4 is 27.5 Å². The molecule has 1 atom stereocenters. The molecule has 1 heterocycles. The molecule has 0 radical (unpaired) electrons. The molecule has 1 aliphatic heterocycles. The largest absolute Gasteiger partial charge is 0.355 e. The minimum absolute atomic E-state index is 0.210. The van der Waals surface area contributed by atoms with Crippen LogP contribution in [-0.4, -0.2) is 50.4 Å². The summed E-state index contributed by atoms with van der Waals surface area (Å²) in [4.78, 5) is 23.9. The Hall–Kier alpha value is -1.93. The molecule has 1 saturated heterocycles. The van der Waals surface area contributed by atoms with Crippen LogP contribution >= 0.6 is 0 Å². The summed E-state index contributed by atoms with van der Waals surface area (Å²) in [5.41, 5.74) is 1.02. The van der Waals surface area contributed by atoms with E-state index in [9.17, 15) is 18.0 Å². The quantitative estimate of drug-likeness (QED) is 0.848. The molecule has 1 aromatic carbocycles. The van der Waals surface area contributed by atoms with Gasteiger partial charge in [-0.3, -0.25) is 9.59 Å². The van der Waals surface area contributed by atoms with Crippen molar-refractivity contribution in [1.29, 1.82) is 0 Å². The summed E-state index contributed by atoms with van der Waals surface area (Å²) < 4.78 is 24.9. The van der Waals surface area contributed by atoms with Gasteiger partial charge >= 0.3 is 0 Å². The first kappa shape index (κ1) is 17.4. The number of hydrogen-bond acceptors (Lipinski definition) is 4. The van der Waals surface area contributed by atoms with E-state index in [0.29, 0.717) is 24.2 Å². The van der Waals surface area contributed by atoms with Crippen molar-refractivity contribution in [1.82, 2.24) is 9.62 Å². The van der Waals surface area contributed by atoms with Crippen LogP contribution in [0.2, 0.25) is 0 Å². The van der Waals surface area contributed by atoms with Crippen LogP contribution in [0.5, 0.6) is 0 Å². The first-order valence-electron chi connectivity index (χ1n) is 7.43. The maximum atomic E-state index is 12.4. The van der Waals surface area contributed by atoms with Crippen LogP contribution in [0.15, 0.2) is 24.3 Å². The fourth-order valence-corrected chi connectivity index (χ4v) is 3.76. The summed E-state index contributed by atoms with van der Waals surface area (Å²) in [7, 11) is -1.87. The number of nitrogens with zero attached hydrogens (tertiary/aromatic N) is 1. The topological polar surface area (TPSA) is 95.6 Å². The van der Waals surface area contributed by atoms with Gasteiger partial charge in [0.25, 0.3) is 5.91 Å². The van der Waals surface area contributed by atoms with E-state index in [2.05, 4.69) is 10.6 Å². The minimum atomic E-state index is -3.41. The number of nitrogens with one attached hydrogen (secondary N) is 2. The highest BCUT2D eigenvalue weighted by Gasteiger charge is 2.34. The van der Waals surface area contributed by atoms with E-state index in [-0.39, 0.29) is 11.8 Å². The number of carbonyl (C=O) groups excluding carboxylic acids is 2. The zero-order chi connectivity index (χ0) is 17.0. The van der Waals surface area contributed by atoms with Gasteiger partial charge in [0.1, 0.15) is 6.04 Å². The molecule has 2 amide bonds. The van der Waals surface area contributed by atoms with Gasteiger partial charge in [0.2, 0.25) is 15.9 Å². The zero-order valence-corrected chi connectivity index (χ0v) is 14.0. The minimum Gasteiger partial charge on any atom is -0.355 e. The molecule has 23 heavy (non-hydrogen) atoms. The first-order chi connectivity index (χ1) is 10.8. The summed E-state index contributed by atoms with van der Waals surface area (Å²) >= 11 is 0. The van der Waals surface area contributed by atoms with E-state index in [4.69, 9.17) is 0 Å². The average molecular weight is 339 g/mol. The van der Waals surface area contributed by atoms with Gasteiger partial charge in [0.05, 0.1) is 6.26 Å². The second-order valence-electron chi connectivity index (χ2n) is 5.53. The third-order valence-electron chi connectivity index (χ3n) is 3.82. The number of benzene rings is 1. The second-order valence-corrected chi connectivity index (χ2v) is 7.47. The highest BCUT2D eigenvalue weighted by Crippen LogP contribution is 2.21. The van der Waals surface area contributed by atoms with Gasteiger partial charge in [-0.15, -0.1) is 0 Å². The van der Waals surface area contributed by atoms with Crippen LogP contribution in [0, 0.1) is 0 Å². The zero-order valence-electron chi connectivity index (χ0n) is 13.2. The number of rotatable bonds is 4. The normalized spacial score (nSPS) is 19.1. The number of hydrogen-bond donors (Lipinski definition) is 2. The summed E-state index contributed by atoms with van der Waals surface area (Å²) in [6, 6.07) is 5.76. The molecule has 7 nitrogen and oxygen atoms in total. The summed E-state index contributed by atoms with van der Waals surface area (Å²) in [5, 5.41) is 5.24. The fourth-order valence-electron chi connectivity index (χ4n) is 2.64. The molecule has 0 unspecified atom stereocenters. The summed E-state index contributed by atoms with van der Waals surface area (Å²) in [6.45, 7) is 0.368. The van der Waals surface area contributed by atoms with E-state index < -0.39 is 16.1 Å². The fraction of sp³-hybridized carbons (Fsp3) is 0.467. The van der Waals surface area contributed by atoms with Gasteiger partial charge in [0, 0.05) is 24.8 Å². The van der Waals surface area contributed by atoms with Crippen molar-refractivity contribution in [2.24, 2.45) is 0 Å². The van der Waals surface area contributed by atoms with Gasteiger partial charge in [-0.1, -0.05) is 6.42 Å². The van der Waals surface area contributed by atoms with Crippen LogP contribution in [0.25, 0.3) is 0 Å². The molecular weight excluding hydrogens is 318 g/mol. The van der Waals surface area contributed by atoms with Gasteiger partial charge in [-0.05, 0) is 37.1 Å². The van der Waals surface area contributed by atoms with Gasteiger partial charge in [-0.2, -0.15) is 4.31 Å². The van der Waals surface area contributed by atoms with Crippen LogP contribution < -0.4 is 10.6 Å². The molecule has 0 spiro atoms. The number of sulfonamides is 1. The molecule has 0 saturated carbocycles. The molecule has 1 fully saturated rings. The lowest BCUT2D eigenvalue weighted by Gasteiger charge is -2.32. The molecule has 0 aliphatic carbocycles. The Bertz CT molecular complexity index is 685. The van der Waals surface area contributed by atoms with Crippen molar-refractivity contribution in [2.45, 2.75) is 25.3 Å².